The Morgan fingerprint density at radius 3 is 2.00 bits per heavy atom. The van der Waals surface area contributed by atoms with Crippen molar-refractivity contribution in [2.75, 3.05) is 27.9 Å². The summed E-state index contributed by atoms with van der Waals surface area (Å²) in [6.07, 6.45) is 0. The molecule has 1 aromatic rings. The topological polar surface area (TPSA) is 54.0 Å². The average molecular weight is 266 g/mol. The monoisotopic (exact) mass is 266 g/mol. The van der Waals surface area contributed by atoms with Gasteiger partial charge in [0.25, 0.3) is 0 Å². The summed E-state index contributed by atoms with van der Waals surface area (Å²) in [5.74, 6) is 1.34. The second-order valence-corrected chi connectivity index (χ2v) is 3.79. The molecular weight excluding hydrogens is 248 g/mol. The first-order valence-electron chi connectivity index (χ1n) is 5.65. The molecule has 0 spiro atoms. The predicted octanol–water partition coefficient (Wildman–Crippen LogP) is 2.29. The lowest BCUT2D eigenvalue weighted by Crippen LogP contribution is -2.05. The first kappa shape index (κ1) is 14.9. The molecule has 5 heteroatoms. The van der Waals surface area contributed by atoms with Crippen LogP contribution in [0.3, 0.4) is 0 Å². The van der Waals surface area contributed by atoms with Gasteiger partial charge in [-0.3, -0.25) is 4.79 Å². The van der Waals surface area contributed by atoms with Crippen LogP contribution in [0.5, 0.6) is 17.2 Å². The Balaban J connectivity index is 3.16. The van der Waals surface area contributed by atoms with Gasteiger partial charge in [0.05, 0.1) is 26.9 Å². The molecule has 19 heavy (non-hydrogen) atoms. The molecule has 0 aliphatic heterocycles. The second kappa shape index (κ2) is 6.68. The second-order valence-electron chi connectivity index (χ2n) is 3.79. The van der Waals surface area contributed by atoms with Crippen LogP contribution in [0, 0.1) is 0 Å². The van der Waals surface area contributed by atoms with Gasteiger partial charge in [0, 0.05) is 19.1 Å². The van der Waals surface area contributed by atoms with Crippen molar-refractivity contribution in [2.45, 2.75) is 6.92 Å². The zero-order valence-electron chi connectivity index (χ0n) is 11.6. The largest absolute Gasteiger partial charge is 0.496 e. The average Bonchev–Trinajstić information content (AvgIpc) is 2.42. The maximum absolute atomic E-state index is 10.8. The summed E-state index contributed by atoms with van der Waals surface area (Å²) in [4.78, 5) is 10.8. The van der Waals surface area contributed by atoms with Crippen molar-refractivity contribution in [1.82, 2.24) is 0 Å². The van der Waals surface area contributed by atoms with Crippen LogP contribution in [0.25, 0.3) is 5.57 Å². The maximum atomic E-state index is 10.8. The smallest absolute Gasteiger partial charge is 0.302 e. The summed E-state index contributed by atoms with van der Waals surface area (Å²) in [5.41, 5.74) is 1.25. The van der Waals surface area contributed by atoms with Crippen molar-refractivity contribution < 1.29 is 23.7 Å². The first-order chi connectivity index (χ1) is 9.03. The molecule has 0 fully saturated rings. The standard InChI is InChI=1S/C14H18O5/c1-9(8-19-10(2)15)14-12(17-4)6-11(16-3)7-13(14)18-5/h6-7H,1,8H2,2-5H3. The highest BCUT2D eigenvalue weighted by Crippen LogP contribution is 2.38. The number of rotatable bonds is 6. The molecule has 0 saturated heterocycles. The molecule has 0 unspecified atom stereocenters. The van der Waals surface area contributed by atoms with Crippen LogP contribution in [0.15, 0.2) is 18.7 Å². The molecule has 0 amide bonds. The molecule has 0 aliphatic rings. The fourth-order valence-corrected chi connectivity index (χ4v) is 1.62. The van der Waals surface area contributed by atoms with Gasteiger partial charge >= 0.3 is 5.97 Å². The van der Waals surface area contributed by atoms with Crippen molar-refractivity contribution >= 4 is 11.5 Å². The Bertz CT molecular complexity index is 454. The third-order valence-corrected chi connectivity index (χ3v) is 2.52. The van der Waals surface area contributed by atoms with Crippen LogP contribution in [-0.4, -0.2) is 33.9 Å². The molecule has 0 radical (unpaired) electrons. The molecule has 1 aromatic carbocycles. The predicted molar refractivity (Wildman–Crippen MR) is 71.8 cm³/mol. The summed E-state index contributed by atoms with van der Waals surface area (Å²) in [6, 6.07) is 3.44. The third-order valence-electron chi connectivity index (χ3n) is 2.52. The van der Waals surface area contributed by atoms with Gasteiger partial charge < -0.3 is 18.9 Å². The Labute approximate surface area is 112 Å². The van der Waals surface area contributed by atoms with Gasteiger partial charge in [0.1, 0.15) is 23.9 Å². The van der Waals surface area contributed by atoms with E-state index in [0.29, 0.717) is 28.4 Å². The van der Waals surface area contributed by atoms with E-state index < -0.39 is 0 Å². The maximum Gasteiger partial charge on any atom is 0.302 e. The van der Waals surface area contributed by atoms with Gasteiger partial charge in [0.2, 0.25) is 0 Å². The van der Waals surface area contributed by atoms with E-state index in [1.54, 1.807) is 19.2 Å². The fraction of sp³-hybridized carbons (Fsp3) is 0.357. The van der Waals surface area contributed by atoms with E-state index in [0.717, 1.165) is 0 Å². The van der Waals surface area contributed by atoms with E-state index in [-0.39, 0.29) is 12.6 Å². The quantitative estimate of drug-likeness (QED) is 0.739. The summed E-state index contributed by atoms with van der Waals surface area (Å²) in [6.45, 7) is 5.31. The molecule has 0 bridgehead atoms. The molecule has 0 aromatic heterocycles. The minimum Gasteiger partial charge on any atom is -0.496 e. The van der Waals surface area contributed by atoms with Gasteiger partial charge in [-0.1, -0.05) is 6.58 Å². The number of ether oxygens (including phenoxy) is 4. The van der Waals surface area contributed by atoms with Crippen LogP contribution in [0.1, 0.15) is 12.5 Å². The van der Waals surface area contributed by atoms with E-state index >= 15 is 0 Å². The van der Waals surface area contributed by atoms with E-state index in [1.807, 2.05) is 0 Å². The van der Waals surface area contributed by atoms with Crippen LogP contribution in [-0.2, 0) is 9.53 Å². The van der Waals surface area contributed by atoms with E-state index in [9.17, 15) is 4.79 Å². The lowest BCUT2D eigenvalue weighted by Gasteiger charge is -2.16. The van der Waals surface area contributed by atoms with Gasteiger partial charge in [-0.25, -0.2) is 0 Å². The van der Waals surface area contributed by atoms with Crippen molar-refractivity contribution in [1.29, 1.82) is 0 Å². The molecule has 0 aliphatic carbocycles. The van der Waals surface area contributed by atoms with Crippen LogP contribution in [0.4, 0.5) is 0 Å². The lowest BCUT2D eigenvalue weighted by molar-refractivity contribution is -0.139. The Hall–Kier alpha value is -2.17. The third kappa shape index (κ3) is 3.64. The van der Waals surface area contributed by atoms with E-state index in [2.05, 4.69) is 6.58 Å². The van der Waals surface area contributed by atoms with Crippen molar-refractivity contribution in [2.24, 2.45) is 0 Å². The molecule has 1 rings (SSSR count). The summed E-state index contributed by atoms with van der Waals surface area (Å²) >= 11 is 0. The summed E-state index contributed by atoms with van der Waals surface area (Å²) < 4.78 is 20.7. The van der Waals surface area contributed by atoms with Crippen LogP contribution >= 0.6 is 0 Å². The van der Waals surface area contributed by atoms with Crippen molar-refractivity contribution in [3.8, 4) is 17.2 Å². The minimum atomic E-state index is -0.368. The molecule has 5 nitrogen and oxygen atoms in total. The number of hydrogen-bond acceptors (Lipinski definition) is 5. The normalized spacial score (nSPS) is 9.68. The van der Waals surface area contributed by atoms with Gasteiger partial charge in [-0.15, -0.1) is 0 Å². The molecule has 0 N–H and O–H groups in total. The van der Waals surface area contributed by atoms with Gasteiger partial charge in [-0.2, -0.15) is 0 Å². The highest BCUT2D eigenvalue weighted by atomic mass is 16.5. The lowest BCUT2D eigenvalue weighted by atomic mass is 10.1. The molecular formula is C14H18O5. The SMILES string of the molecule is C=C(COC(C)=O)c1c(OC)cc(OC)cc1OC. The summed E-state index contributed by atoms with van der Waals surface area (Å²) in [5, 5.41) is 0. The first-order valence-corrected chi connectivity index (χ1v) is 5.65. The Morgan fingerprint density at radius 2 is 1.63 bits per heavy atom. The number of carbonyl (C=O) groups is 1. The molecule has 0 heterocycles. The number of esters is 1. The highest BCUT2D eigenvalue weighted by Gasteiger charge is 2.16. The van der Waals surface area contributed by atoms with Gasteiger partial charge in [0.15, 0.2) is 0 Å². The number of hydrogen-bond donors (Lipinski definition) is 0. The Morgan fingerprint density at radius 1 is 1.11 bits per heavy atom. The zero-order valence-corrected chi connectivity index (χ0v) is 11.6. The number of methoxy groups -OCH3 is 3. The number of benzene rings is 1. The molecule has 0 saturated carbocycles. The van der Waals surface area contributed by atoms with Crippen LogP contribution < -0.4 is 14.2 Å². The van der Waals surface area contributed by atoms with Crippen LogP contribution in [0.2, 0.25) is 0 Å². The summed E-state index contributed by atoms with van der Waals surface area (Å²) in [7, 11) is 4.63. The Kier molecular flexibility index (Phi) is 5.23. The molecule has 0 atom stereocenters. The fourth-order valence-electron chi connectivity index (χ4n) is 1.62. The minimum absolute atomic E-state index is 0.0778. The number of carbonyl (C=O) groups excluding carboxylic acids is 1. The van der Waals surface area contributed by atoms with E-state index in [1.165, 1.54) is 21.1 Å². The molecule has 104 valence electrons. The highest BCUT2D eigenvalue weighted by molar-refractivity contribution is 5.77. The van der Waals surface area contributed by atoms with Gasteiger partial charge in [-0.05, 0) is 5.57 Å². The van der Waals surface area contributed by atoms with Crippen molar-refractivity contribution in [3.63, 3.8) is 0 Å². The zero-order chi connectivity index (χ0) is 14.4. The van der Waals surface area contributed by atoms with E-state index in [4.69, 9.17) is 18.9 Å². The van der Waals surface area contributed by atoms with Crippen molar-refractivity contribution in [3.05, 3.63) is 24.3 Å².